The van der Waals surface area contributed by atoms with Crippen LogP contribution in [0.3, 0.4) is 0 Å². The van der Waals surface area contributed by atoms with E-state index < -0.39 is 6.48 Å². The first-order chi connectivity index (χ1) is 23.6. The predicted octanol–water partition coefficient (Wildman–Crippen LogP) is 4.29. The molecule has 1 heterocycles. The standard InChI is InChI=1S/C38H66N6S2.C2H6O3.2Co/c1-37(2,3)33-21-29-25-41(9)17-13-39(7)15-19-43(11)27-31-23-34(38(4,5)6)24-32(36(31)46)28-44(12)20-16-40(8)14-18-42(10)26-30(22-33)35(29)45;1-5-2(3)4;;/h21-24,45-46H,13-20,25-28H2,1-12H3;2-4H,1H3;;/q;;;+3/p-2. The van der Waals surface area contributed by atoms with Crippen molar-refractivity contribution in [2.75, 3.05) is 102 Å². The summed E-state index contributed by atoms with van der Waals surface area (Å²) < 4.78 is 3.86. The number of hydrogen-bond acceptors (Lipinski definition) is 11. The smallest absolute Gasteiger partial charge is 0.779 e. The van der Waals surface area contributed by atoms with Crippen LogP contribution >= 0.6 is 0 Å². The topological polar surface area (TPSA) is 69.1 Å². The molecule has 3 rings (SSSR count). The third-order valence-electron chi connectivity index (χ3n) is 9.64. The summed E-state index contributed by atoms with van der Waals surface area (Å²) in [5, 5.41) is 15.4. The van der Waals surface area contributed by atoms with Crippen LogP contribution in [0.1, 0.15) is 74.9 Å². The summed E-state index contributed by atoms with van der Waals surface area (Å²) >= 11 is 12.3. The first-order valence-electron chi connectivity index (χ1n) is 18.3. The third-order valence-corrected chi connectivity index (χ3v) is 10.7. The number of fused-ring (bicyclic) bond motifs is 4. The Morgan fingerprint density at radius 2 is 0.698 bits per heavy atom. The maximum atomic E-state index is 7.69. The molecule has 307 valence electrons. The summed E-state index contributed by atoms with van der Waals surface area (Å²) in [5.74, 6) is 0. The Morgan fingerprint density at radius 1 is 0.509 bits per heavy atom. The van der Waals surface area contributed by atoms with E-state index in [1.54, 1.807) is 0 Å². The summed E-state index contributed by atoms with van der Waals surface area (Å²) in [7, 11) is 14.6. The minimum absolute atomic E-state index is 0. The molecule has 1 aliphatic heterocycles. The Balaban J connectivity index is 0.00000361. The largest absolute Gasteiger partial charge is 3.00 e. The molecule has 0 saturated heterocycles. The van der Waals surface area contributed by atoms with Crippen LogP contribution in [0.2, 0.25) is 0 Å². The van der Waals surface area contributed by atoms with Gasteiger partial charge in [-0.05, 0) is 64.2 Å². The minimum atomic E-state index is -1.62. The van der Waals surface area contributed by atoms with Gasteiger partial charge in [0.2, 0.25) is 0 Å². The Morgan fingerprint density at radius 3 is 0.868 bits per heavy atom. The molecule has 0 fully saturated rings. The van der Waals surface area contributed by atoms with Gasteiger partial charge in [0.1, 0.15) is 0 Å². The normalized spacial score (nSPS) is 18.3. The number of aliphatic hydroxyl groups excluding tert-OH is 1. The van der Waals surface area contributed by atoms with Crippen molar-refractivity contribution in [3.8, 4) is 0 Å². The van der Waals surface area contributed by atoms with Crippen molar-refractivity contribution >= 4 is 25.3 Å². The summed E-state index contributed by atoms with van der Waals surface area (Å²) in [5.41, 5.74) is 8.01. The maximum Gasteiger partial charge on any atom is 3.00 e. The molecule has 0 unspecified atom stereocenters. The zero-order valence-corrected chi connectivity index (χ0v) is 38.6. The first kappa shape index (κ1) is 52.5. The molecule has 0 aliphatic carbocycles. The van der Waals surface area contributed by atoms with Crippen molar-refractivity contribution in [1.82, 2.24) is 29.4 Å². The van der Waals surface area contributed by atoms with Gasteiger partial charge in [0.05, 0.1) is 0 Å². The molecule has 1 radical (unpaired) electrons. The summed E-state index contributed by atoms with van der Waals surface area (Å²) in [6.45, 7) is 23.8. The van der Waals surface area contributed by atoms with Crippen molar-refractivity contribution in [3.63, 3.8) is 0 Å². The summed E-state index contributed by atoms with van der Waals surface area (Å²) in [6.07, 6.45) is 0. The fraction of sp³-hybridized carbons (Fsp3) is 0.700. The van der Waals surface area contributed by atoms with Crippen molar-refractivity contribution in [2.45, 2.75) is 94.8 Å². The molecule has 1 aliphatic rings. The van der Waals surface area contributed by atoms with Crippen molar-refractivity contribution in [1.29, 1.82) is 0 Å². The number of nitrogens with zero attached hydrogens (tertiary/aromatic N) is 6. The predicted molar refractivity (Wildman–Crippen MR) is 217 cm³/mol. The molecule has 13 heteroatoms. The molecule has 2 N–H and O–H groups in total. The Labute approximate surface area is 355 Å². The molecule has 53 heavy (non-hydrogen) atoms. The number of likely N-dealkylation sites (N-methyl/N-ethyl adjacent to an activating group) is 6. The number of benzene rings is 2. The molecular weight excluding hydrogens is 794 g/mol. The quantitative estimate of drug-likeness (QED) is 0.319. The number of methoxy groups -OCH3 is 1. The van der Waals surface area contributed by atoms with E-state index in [0.717, 1.165) is 88.3 Å². The Kier molecular flexibility index (Phi) is 24.1. The number of hydrogen-bond donors (Lipinski definition) is 2. The van der Waals surface area contributed by atoms with Crippen LogP contribution < -0.4 is 0 Å². The van der Waals surface area contributed by atoms with Crippen LogP contribution in [0.25, 0.3) is 0 Å². The van der Waals surface area contributed by atoms with E-state index in [-0.39, 0.29) is 44.4 Å². The number of rotatable bonds is 1. The van der Waals surface area contributed by atoms with Crippen LogP contribution in [-0.4, -0.2) is 148 Å². The van der Waals surface area contributed by atoms with Gasteiger partial charge in [-0.2, -0.15) is 9.79 Å². The van der Waals surface area contributed by atoms with Gasteiger partial charge in [-0.25, -0.2) is 0 Å². The fourth-order valence-electron chi connectivity index (χ4n) is 5.91. The molecule has 0 saturated carbocycles. The zero-order chi connectivity index (χ0) is 38.7. The molecule has 0 spiro atoms. The molecule has 4 bridgehead atoms. The van der Waals surface area contributed by atoms with Crippen LogP contribution in [0.4, 0.5) is 0 Å². The van der Waals surface area contributed by atoms with Gasteiger partial charge in [-0.1, -0.05) is 88.1 Å². The summed E-state index contributed by atoms with van der Waals surface area (Å²) in [6, 6.07) is 9.46. The molecular formula is C40H70Co2N6O3S2+. The second-order valence-corrected chi connectivity index (χ2v) is 17.7. The SMILES string of the molecule is CN1CCN(C)Cc2cc(C(C)(C)C)cc(c2[S-])CN(C)CCN(C)CCN(C)Cc2cc(C(C)(C)C)cc(c2[S-])CN(C)CC1.COC(O)O.[Co+3].[Co]. The van der Waals surface area contributed by atoms with Crippen LogP contribution in [0, 0.1) is 0 Å². The van der Waals surface area contributed by atoms with Gasteiger partial charge in [0.15, 0.2) is 0 Å². The number of ether oxygens (including phenoxy) is 1. The Bertz CT molecular complexity index is 1190. The van der Waals surface area contributed by atoms with Gasteiger partial charge in [0, 0.05) is 102 Å². The molecule has 0 atom stereocenters. The van der Waals surface area contributed by atoms with Crippen LogP contribution in [0.15, 0.2) is 34.1 Å². The average Bonchev–Trinajstić information content (AvgIpc) is 3.03. The molecule has 9 nitrogen and oxygen atoms in total. The first-order valence-corrected chi connectivity index (χ1v) is 19.1. The average molecular weight is 865 g/mol. The van der Waals surface area contributed by atoms with E-state index in [1.807, 2.05) is 0 Å². The monoisotopic (exact) mass is 864 g/mol. The van der Waals surface area contributed by atoms with E-state index in [0.29, 0.717) is 0 Å². The molecule has 0 aromatic heterocycles. The van der Waals surface area contributed by atoms with Gasteiger partial charge < -0.3 is 69.6 Å². The van der Waals surface area contributed by atoms with Crippen molar-refractivity contribution in [3.05, 3.63) is 57.6 Å². The van der Waals surface area contributed by atoms with E-state index in [1.165, 1.54) is 40.5 Å². The summed E-state index contributed by atoms with van der Waals surface area (Å²) in [4.78, 5) is 16.7. The zero-order valence-electron chi connectivity index (χ0n) is 34.8. The third kappa shape index (κ3) is 19.0. The fourth-order valence-corrected chi connectivity index (χ4v) is 6.41. The van der Waals surface area contributed by atoms with E-state index in [2.05, 4.69) is 142 Å². The van der Waals surface area contributed by atoms with Gasteiger partial charge in [-0.15, -0.1) is 0 Å². The molecule has 2 aromatic carbocycles. The minimum Gasteiger partial charge on any atom is -0.779 e. The molecule has 2 aromatic rings. The van der Waals surface area contributed by atoms with Crippen LogP contribution in [0.5, 0.6) is 0 Å². The van der Waals surface area contributed by atoms with Gasteiger partial charge in [0.25, 0.3) is 6.48 Å². The van der Waals surface area contributed by atoms with Crippen molar-refractivity contribution < 1.29 is 48.5 Å². The second-order valence-electron chi connectivity index (χ2n) is 16.9. The number of aliphatic hydroxyl groups is 2. The van der Waals surface area contributed by atoms with Gasteiger partial charge in [-0.3, -0.25) is 0 Å². The van der Waals surface area contributed by atoms with E-state index >= 15 is 0 Å². The second kappa shape index (κ2) is 24.3. The van der Waals surface area contributed by atoms with Gasteiger partial charge >= 0.3 is 16.8 Å². The van der Waals surface area contributed by atoms with E-state index in [4.69, 9.17) is 35.5 Å². The van der Waals surface area contributed by atoms with Crippen LogP contribution in [-0.2, 0) is 101 Å². The van der Waals surface area contributed by atoms with Crippen molar-refractivity contribution in [2.24, 2.45) is 0 Å². The van der Waals surface area contributed by atoms with E-state index in [9.17, 15) is 0 Å². The maximum absolute atomic E-state index is 7.69. The Hall–Kier alpha value is -0.467. The molecule has 0 amide bonds.